The van der Waals surface area contributed by atoms with E-state index in [2.05, 4.69) is 51.9 Å². The van der Waals surface area contributed by atoms with Gasteiger partial charge in [-0.15, -0.1) is 0 Å². The van der Waals surface area contributed by atoms with Gasteiger partial charge < -0.3 is 9.64 Å². The second kappa shape index (κ2) is 6.02. The molecular formula is C16H26N2O. The summed E-state index contributed by atoms with van der Waals surface area (Å²) >= 11 is 0. The van der Waals surface area contributed by atoms with E-state index in [1.165, 1.54) is 17.0 Å². The molecule has 0 N–H and O–H groups in total. The lowest BCUT2D eigenvalue weighted by Gasteiger charge is -2.25. The molecule has 106 valence electrons. The quantitative estimate of drug-likeness (QED) is 0.832. The van der Waals surface area contributed by atoms with Crippen molar-refractivity contribution in [3.05, 3.63) is 29.1 Å². The summed E-state index contributed by atoms with van der Waals surface area (Å²) in [6.45, 7) is 8.35. The van der Waals surface area contributed by atoms with Crippen molar-refractivity contribution < 1.29 is 4.74 Å². The molecule has 0 unspecified atom stereocenters. The van der Waals surface area contributed by atoms with Crippen LogP contribution in [0.15, 0.2) is 12.1 Å². The highest BCUT2D eigenvalue weighted by molar-refractivity contribution is 5.30. The van der Waals surface area contributed by atoms with Crippen molar-refractivity contribution in [3.8, 4) is 0 Å². The molecule has 0 spiro atoms. The SMILES string of the molecule is CC(C)c1ccc([C@@H]2CCOC2)c([C@H](C)N(C)C)n1. The third-order valence-electron chi connectivity index (χ3n) is 4.11. The fourth-order valence-electron chi connectivity index (χ4n) is 2.53. The predicted molar refractivity (Wildman–Crippen MR) is 78.6 cm³/mol. The highest BCUT2D eigenvalue weighted by atomic mass is 16.5. The summed E-state index contributed by atoms with van der Waals surface area (Å²) in [7, 11) is 4.23. The van der Waals surface area contributed by atoms with Crippen molar-refractivity contribution >= 4 is 0 Å². The molecule has 2 rings (SSSR count). The molecule has 1 aliphatic heterocycles. The zero-order valence-electron chi connectivity index (χ0n) is 12.8. The summed E-state index contributed by atoms with van der Waals surface area (Å²) in [6, 6.07) is 4.80. The molecule has 0 aliphatic carbocycles. The van der Waals surface area contributed by atoms with Gasteiger partial charge in [0.05, 0.1) is 12.3 Å². The van der Waals surface area contributed by atoms with E-state index >= 15 is 0 Å². The Balaban J connectivity index is 2.40. The van der Waals surface area contributed by atoms with E-state index in [9.17, 15) is 0 Å². The van der Waals surface area contributed by atoms with Gasteiger partial charge in [0, 0.05) is 24.3 Å². The molecule has 1 aromatic heterocycles. The maximum absolute atomic E-state index is 5.54. The first kappa shape index (κ1) is 14.5. The summed E-state index contributed by atoms with van der Waals surface area (Å²) < 4.78 is 5.54. The largest absolute Gasteiger partial charge is 0.381 e. The molecule has 1 aromatic rings. The standard InChI is InChI=1S/C16H26N2O/c1-11(2)15-7-6-14(13-8-9-19-10-13)16(17-15)12(3)18(4)5/h6-7,11-13H,8-10H2,1-5H3/t12-,13+/m0/s1. The van der Waals surface area contributed by atoms with E-state index in [1.807, 2.05) is 0 Å². The first-order chi connectivity index (χ1) is 9.00. The predicted octanol–water partition coefficient (Wildman–Crippen LogP) is 3.33. The van der Waals surface area contributed by atoms with Crippen molar-refractivity contribution in [2.75, 3.05) is 27.3 Å². The van der Waals surface area contributed by atoms with Crippen LogP contribution in [-0.2, 0) is 4.74 Å². The van der Waals surface area contributed by atoms with Crippen LogP contribution in [0.3, 0.4) is 0 Å². The average molecular weight is 262 g/mol. The lowest BCUT2D eigenvalue weighted by molar-refractivity contribution is 0.193. The summed E-state index contributed by atoms with van der Waals surface area (Å²) in [5, 5.41) is 0. The Hall–Kier alpha value is -0.930. The van der Waals surface area contributed by atoms with Crippen LogP contribution in [0.25, 0.3) is 0 Å². The van der Waals surface area contributed by atoms with Gasteiger partial charge in [-0.05, 0) is 45.0 Å². The Labute approximate surface area is 117 Å². The second-order valence-corrected chi connectivity index (χ2v) is 6.07. The van der Waals surface area contributed by atoms with Crippen molar-refractivity contribution in [2.45, 2.75) is 45.1 Å². The third kappa shape index (κ3) is 3.15. The van der Waals surface area contributed by atoms with Crippen molar-refractivity contribution in [2.24, 2.45) is 0 Å². The highest BCUT2D eigenvalue weighted by Gasteiger charge is 2.25. The maximum atomic E-state index is 5.54. The van der Waals surface area contributed by atoms with Crippen molar-refractivity contribution in [1.29, 1.82) is 0 Å². The molecule has 0 radical (unpaired) electrons. The smallest absolute Gasteiger partial charge is 0.0611 e. The molecular weight excluding hydrogens is 236 g/mol. The van der Waals surface area contributed by atoms with Gasteiger partial charge in [-0.1, -0.05) is 19.9 Å². The van der Waals surface area contributed by atoms with Crippen LogP contribution in [0.1, 0.15) is 62.0 Å². The zero-order valence-corrected chi connectivity index (χ0v) is 12.8. The normalized spacial score (nSPS) is 21.3. The molecule has 2 atom stereocenters. The topological polar surface area (TPSA) is 25.4 Å². The molecule has 19 heavy (non-hydrogen) atoms. The fraction of sp³-hybridized carbons (Fsp3) is 0.688. The fourth-order valence-corrected chi connectivity index (χ4v) is 2.53. The van der Waals surface area contributed by atoms with Crippen LogP contribution in [-0.4, -0.2) is 37.2 Å². The van der Waals surface area contributed by atoms with Crippen molar-refractivity contribution in [1.82, 2.24) is 9.88 Å². The lowest BCUT2D eigenvalue weighted by atomic mass is 9.92. The Kier molecular flexibility index (Phi) is 4.58. The first-order valence-electron chi connectivity index (χ1n) is 7.25. The molecule has 0 aromatic carbocycles. The van der Waals surface area contributed by atoms with E-state index in [0.29, 0.717) is 17.9 Å². The number of hydrogen-bond donors (Lipinski definition) is 0. The van der Waals surface area contributed by atoms with Gasteiger partial charge >= 0.3 is 0 Å². The van der Waals surface area contributed by atoms with Crippen molar-refractivity contribution in [3.63, 3.8) is 0 Å². The number of ether oxygens (including phenoxy) is 1. The Bertz CT molecular complexity index is 423. The first-order valence-corrected chi connectivity index (χ1v) is 7.25. The molecule has 0 saturated carbocycles. The molecule has 0 bridgehead atoms. The number of rotatable bonds is 4. The van der Waals surface area contributed by atoms with E-state index in [0.717, 1.165) is 19.6 Å². The van der Waals surface area contributed by atoms with Crippen LogP contribution in [0.5, 0.6) is 0 Å². The minimum absolute atomic E-state index is 0.342. The summed E-state index contributed by atoms with van der Waals surface area (Å²) in [4.78, 5) is 7.17. The van der Waals surface area contributed by atoms with E-state index in [4.69, 9.17) is 9.72 Å². The lowest BCUT2D eigenvalue weighted by Crippen LogP contribution is -2.21. The molecule has 1 fully saturated rings. The van der Waals surface area contributed by atoms with Gasteiger partial charge in [-0.25, -0.2) is 0 Å². The maximum Gasteiger partial charge on any atom is 0.0611 e. The highest BCUT2D eigenvalue weighted by Crippen LogP contribution is 2.32. The summed E-state index contributed by atoms with van der Waals surface area (Å²) in [5.74, 6) is 0.994. The molecule has 0 amide bonds. The second-order valence-electron chi connectivity index (χ2n) is 6.07. The average Bonchev–Trinajstić information content (AvgIpc) is 2.90. The molecule has 3 nitrogen and oxygen atoms in total. The minimum atomic E-state index is 0.342. The molecule has 3 heteroatoms. The van der Waals surface area contributed by atoms with Gasteiger partial charge in [0.2, 0.25) is 0 Å². The van der Waals surface area contributed by atoms with Crippen LogP contribution >= 0.6 is 0 Å². The van der Waals surface area contributed by atoms with Gasteiger partial charge in [0.1, 0.15) is 0 Å². The number of nitrogens with zero attached hydrogens (tertiary/aromatic N) is 2. The summed E-state index contributed by atoms with van der Waals surface area (Å²) in [5.41, 5.74) is 3.79. The van der Waals surface area contributed by atoms with E-state index in [1.54, 1.807) is 0 Å². The van der Waals surface area contributed by atoms with Crippen LogP contribution in [0.2, 0.25) is 0 Å². The van der Waals surface area contributed by atoms with Gasteiger partial charge in [0.25, 0.3) is 0 Å². The summed E-state index contributed by atoms with van der Waals surface area (Å²) in [6.07, 6.45) is 1.12. The van der Waals surface area contributed by atoms with Crippen LogP contribution in [0, 0.1) is 0 Å². The van der Waals surface area contributed by atoms with Crippen LogP contribution in [0.4, 0.5) is 0 Å². The number of pyridine rings is 1. The van der Waals surface area contributed by atoms with Crippen LogP contribution < -0.4 is 0 Å². The van der Waals surface area contributed by atoms with E-state index < -0.39 is 0 Å². The third-order valence-corrected chi connectivity index (χ3v) is 4.11. The Morgan fingerprint density at radius 1 is 1.26 bits per heavy atom. The number of hydrogen-bond acceptors (Lipinski definition) is 3. The Morgan fingerprint density at radius 3 is 2.53 bits per heavy atom. The number of aromatic nitrogens is 1. The molecule has 1 aliphatic rings. The van der Waals surface area contributed by atoms with E-state index in [-0.39, 0.29) is 0 Å². The Morgan fingerprint density at radius 2 is 2.00 bits per heavy atom. The van der Waals surface area contributed by atoms with Gasteiger partial charge in [-0.3, -0.25) is 4.98 Å². The van der Waals surface area contributed by atoms with Gasteiger partial charge in [0.15, 0.2) is 0 Å². The molecule has 1 saturated heterocycles. The monoisotopic (exact) mass is 262 g/mol. The molecule has 2 heterocycles. The van der Waals surface area contributed by atoms with Gasteiger partial charge in [-0.2, -0.15) is 0 Å². The minimum Gasteiger partial charge on any atom is -0.381 e. The zero-order chi connectivity index (χ0) is 14.0.